The van der Waals surface area contributed by atoms with Crippen LogP contribution >= 0.6 is 0 Å². The molecule has 1 atom stereocenters. The predicted molar refractivity (Wildman–Crippen MR) is 105 cm³/mol. The number of fused-ring (bicyclic) bond motifs is 1. The first-order valence-electron chi connectivity index (χ1n) is 9.31. The minimum absolute atomic E-state index is 0.153. The summed E-state index contributed by atoms with van der Waals surface area (Å²) in [5.41, 5.74) is 7.02. The smallest absolute Gasteiger partial charge is 0.317 e. The van der Waals surface area contributed by atoms with Crippen molar-refractivity contribution < 1.29 is 23.0 Å². The number of hydrogen-bond donors (Lipinski definition) is 2. The third-order valence-electron chi connectivity index (χ3n) is 5.32. The monoisotopic (exact) mass is 417 g/mol. The highest BCUT2D eigenvalue weighted by atomic mass is 19.3. The van der Waals surface area contributed by atoms with Gasteiger partial charge < -0.3 is 19.6 Å². The molecule has 4 rings (SSSR count). The first-order valence-corrected chi connectivity index (χ1v) is 9.31. The molecule has 3 N–H and O–H groups in total. The van der Waals surface area contributed by atoms with Gasteiger partial charge in [0.05, 0.1) is 23.5 Å². The van der Waals surface area contributed by atoms with Crippen LogP contribution in [0.4, 0.5) is 19.4 Å². The van der Waals surface area contributed by atoms with Crippen molar-refractivity contribution in [2.24, 2.45) is 5.73 Å². The number of amides is 2. The minimum atomic E-state index is -2.68. The second kappa shape index (κ2) is 7.62. The number of nitrogens with one attached hydrogen (secondary N) is 1. The van der Waals surface area contributed by atoms with E-state index >= 15 is 0 Å². The van der Waals surface area contributed by atoms with Crippen molar-refractivity contribution in [1.29, 1.82) is 0 Å². The second-order valence-corrected chi connectivity index (χ2v) is 7.19. The Bertz CT molecular complexity index is 1110. The zero-order valence-electron chi connectivity index (χ0n) is 16.5. The van der Waals surface area contributed by atoms with Gasteiger partial charge in [-0.25, -0.2) is 23.5 Å². The Morgan fingerprint density at radius 1 is 1.37 bits per heavy atom. The number of ether oxygens (including phenoxy) is 2. The molecule has 0 aliphatic carbocycles. The molecule has 10 heteroatoms. The van der Waals surface area contributed by atoms with E-state index in [0.29, 0.717) is 35.5 Å². The molecule has 4 heterocycles. The molecular weight excluding hydrogens is 396 g/mol. The second-order valence-electron chi connectivity index (χ2n) is 7.19. The summed E-state index contributed by atoms with van der Waals surface area (Å²) in [5.74, 6) is 0.247. The molecule has 3 aromatic heterocycles. The summed E-state index contributed by atoms with van der Waals surface area (Å²) in [4.78, 5) is 20.0. The molecule has 0 unspecified atom stereocenters. The lowest BCUT2D eigenvalue weighted by atomic mass is 9.95. The number of nitrogens with zero attached hydrogens (tertiary/aromatic N) is 3. The quantitative estimate of drug-likeness (QED) is 0.662. The number of anilines is 1. The van der Waals surface area contributed by atoms with Crippen LogP contribution in [0.15, 0.2) is 30.6 Å². The molecule has 0 bridgehead atoms. The molecule has 2 amide bonds. The van der Waals surface area contributed by atoms with Crippen LogP contribution < -0.4 is 11.1 Å². The first-order chi connectivity index (χ1) is 14.3. The summed E-state index contributed by atoms with van der Waals surface area (Å²) < 4.78 is 40.3. The molecule has 0 spiro atoms. The maximum atomic E-state index is 13.7. The lowest BCUT2D eigenvalue weighted by Crippen LogP contribution is -2.30. The van der Waals surface area contributed by atoms with E-state index in [9.17, 15) is 13.6 Å². The van der Waals surface area contributed by atoms with Crippen molar-refractivity contribution in [2.45, 2.75) is 25.4 Å². The first kappa shape index (κ1) is 20.2. The van der Waals surface area contributed by atoms with Crippen LogP contribution in [-0.2, 0) is 15.1 Å². The van der Waals surface area contributed by atoms with Gasteiger partial charge in [-0.3, -0.25) is 5.32 Å². The average molecular weight is 417 g/mol. The average Bonchev–Trinajstić information content (AvgIpc) is 3.33. The van der Waals surface area contributed by atoms with Gasteiger partial charge in [0.2, 0.25) is 0 Å². The predicted octanol–water partition coefficient (Wildman–Crippen LogP) is 3.39. The van der Waals surface area contributed by atoms with E-state index in [-0.39, 0.29) is 18.0 Å². The maximum absolute atomic E-state index is 13.7. The van der Waals surface area contributed by atoms with Gasteiger partial charge in [0.1, 0.15) is 17.7 Å². The number of primary amides is 1. The Morgan fingerprint density at radius 2 is 2.17 bits per heavy atom. The highest BCUT2D eigenvalue weighted by molar-refractivity contribution is 5.89. The largest absolute Gasteiger partial charge is 0.378 e. The van der Waals surface area contributed by atoms with Crippen LogP contribution in [0.5, 0.6) is 0 Å². The molecule has 1 aliphatic heterocycles. The number of pyridine rings is 1. The fraction of sp³-hybridized carbons (Fsp3) is 0.350. The van der Waals surface area contributed by atoms with Gasteiger partial charge in [0, 0.05) is 43.0 Å². The van der Waals surface area contributed by atoms with Gasteiger partial charge >= 0.3 is 6.03 Å². The lowest BCUT2D eigenvalue weighted by Gasteiger charge is -2.26. The van der Waals surface area contributed by atoms with Crippen molar-refractivity contribution in [1.82, 2.24) is 14.4 Å². The molecule has 3 aromatic rings. The number of aromatic nitrogens is 3. The molecule has 0 saturated carbocycles. The highest BCUT2D eigenvalue weighted by Gasteiger charge is 2.39. The van der Waals surface area contributed by atoms with Crippen LogP contribution in [0.1, 0.15) is 29.8 Å². The van der Waals surface area contributed by atoms with Gasteiger partial charge in [0.15, 0.2) is 0 Å². The van der Waals surface area contributed by atoms with E-state index < -0.39 is 18.1 Å². The Labute approximate surface area is 171 Å². The fourth-order valence-electron chi connectivity index (χ4n) is 3.72. The van der Waals surface area contributed by atoms with E-state index in [4.69, 9.17) is 15.2 Å². The Kier molecular flexibility index (Phi) is 5.12. The molecule has 1 saturated heterocycles. The van der Waals surface area contributed by atoms with Crippen molar-refractivity contribution in [3.8, 4) is 11.3 Å². The van der Waals surface area contributed by atoms with Gasteiger partial charge in [-0.15, -0.1) is 0 Å². The fourth-order valence-corrected chi connectivity index (χ4v) is 3.72. The summed E-state index contributed by atoms with van der Waals surface area (Å²) in [6.45, 7) is 2.57. The molecule has 30 heavy (non-hydrogen) atoms. The number of aryl methyl sites for hydroxylation is 1. The summed E-state index contributed by atoms with van der Waals surface area (Å²) in [5, 5.41) is 2.42. The van der Waals surface area contributed by atoms with Crippen LogP contribution in [0.3, 0.4) is 0 Å². The van der Waals surface area contributed by atoms with Crippen LogP contribution in [0.2, 0.25) is 0 Å². The zero-order valence-corrected chi connectivity index (χ0v) is 16.5. The molecule has 1 fully saturated rings. The standard InChI is InChI=1S/C20H21F2N5O3/c1-11-5-13(15-8-17(26-19(23)28)24-10-27(11)15)14-6-12(18(21)22)7-16(25-14)20(29-2)3-4-30-9-20/h5-8,10,18H,3-4,9H2,1-2H3,(H3,23,26,28)/t20-/m1/s1. The highest BCUT2D eigenvalue weighted by Crippen LogP contribution is 2.37. The SMILES string of the molecule is CO[C@]1(c2cc(C(F)F)cc(-c3cc(C)n4cnc(NC(N)=O)cc34)n2)CCOC1. The van der Waals surface area contributed by atoms with Gasteiger partial charge in [0.25, 0.3) is 6.43 Å². The Hall–Kier alpha value is -3.11. The minimum Gasteiger partial charge on any atom is -0.378 e. The van der Waals surface area contributed by atoms with E-state index in [1.54, 1.807) is 10.5 Å². The van der Waals surface area contributed by atoms with Gasteiger partial charge in [-0.2, -0.15) is 0 Å². The third-order valence-corrected chi connectivity index (χ3v) is 5.32. The molecule has 8 nitrogen and oxygen atoms in total. The van der Waals surface area contributed by atoms with E-state index in [2.05, 4.69) is 15.3 Å². The molecule has 1 aliphatic rings. The number of rotatable bonds is 5. The number of carbonyl (C=O) groups is 1. The van der Waals surface area contributed by atoms with Crippen molar-refractivity contribution >= 4 is 17.4 Å². The van der Waals surface area contributed by atoms with Crippen molar-refractivity contribution in [3.05, 3.63) is 47.5 Å². The Balaban J connectivity index is 1.91. The van der Waals surface area contributed by atoms with Crippen LogP contribution in [-0.4, -0.2) is 40.7 Å². The third kappa shape index (κ3) is 3.48. The van der Waals surface area contributed by atoms with Crippen LogP contribution in [0, 0.1) is 6.92 Å². The maximum Gasteiger partial charge on any atom is 0.317 e. The number of carbonyl (C=O) groups excluding carboxylic acids is 1. The number of methoxy groups -OCH3 is 1. The van der Waals surface area contributed by atoms with Crippen molar-refractivity contribution in [2.75, 3.05) is 25.6 Å². The van der Waals surface area contributed by atoms with Gasteiger partial charge in [-0.05, 0) is 25.1 Å². The number of hydrogen-bond acceptors (Lipinski definition) is 5. The number of urea groups is 1. The molecule has 158 valence electrons. The summed E-state index contributed by atoms with van der Waals surface area (Å²) in [7, 11) is 1.52. The van der Waals surface area contributed by atoms with Crippen molar-refractivity contribution in [3.63, 3.8) is 0 Å². The number of nitrogens with two attached hydrogens (primary N) is 1. The Morgan fingerprint density at radius 3 is 2.80 bits per heavy atom. The lowest BCUT2D eigenvalue weighted by molar-refractivity contribution is -0.0247. The summed E-state index contributed by atoms with van der Waals surface area (Å²) in [6.07, 6.45) is -0.626. The topological polar surface area (TPSA) is 104 Å². The molecule has 0 radical (unpaired) electrons. The summed E-state index contributed by atoms with van der Waals surface area (Å²) >= 11 is 0. The van der Waals surface area contributed by atoms with Gasteiger partial charge in [-0.1, -0.05) is 0 Å². The number of halogens is 2. The van der Waals surface area contributed by atoms with E-state index in [1.807, 2.05) is 13.0 Å². The van der Waals surface area contributed by atoms with E-state index in [1.165, 1.54) is 25.6 Å². The zero-order chi connectivity index (χ0) is 21.5. The molecular formula is C20H21F2N5O3. The number of alkyl halides is 2. The molecule has 0 aromatic carbocycles. The van der Waals surface area contributed by atoms with Crippen LogP contribution in [0.25, 0.3) is 16.8 Å². The summed E-state index contributed by atoms with van der Waals surface area (Å²) in [6, 6.07) is 5.44. The normalized spacial score (nSPS) is 19.0. The van der Waals surface area contributed by atoms with E-state index in [0.717, 1.165) is 5.69 Å².